The van der Waals surface area contributed by atoms with E-state index in [2.05, 4.69) is 20.8 Å². The Morgan fingerprint density at radius 3 is 2.38 bits per heavy atom. The van der Waals surface area contributed by atoms with Crippen molar-refractivity contribution in [1.29, 1.82) is 0 Å². The minimum absolute atomic E-state index is 0.0119. The molecule has 2 heteroatoms. The van der Waals surface area contributed by atoms with Crippen LogP contribution in [0.5, 0.6) is 0 Å². The van der Waals surface area contributed by atoms with Gasteiger partial charge in [0.1, 0.15) is 0 Å². The molecule has 0 heterocycles. The molecular weight excluding hydrogens is 200 g/mol. The van der Waals surface area contributed by atoms with E-state index >= 15 is 0 Å². The van der Waals surface area contributed by atoms with E-state index in [0.29, 0.717) is 6.42 Å². The summed E-state index contributed by atoms with van der Waals surface area (Å²) in [6.07, 6.45) is 5.94. The van der Waals surface area contributed by atoms with Gasteiger partial charge >= 0.3 is 5.97 Å². The molecule has 0 aliphatic heterocycles. The Kier molecular flexibility index (Phi) is 7.96. The standard InChI is InChI=1S/C14H26O2/c1-11(2)7-6-8-13(5)9-10-14(15)16-12(3)4/h9,11-12H,6-8,10H2,1-5H3. The van der Waals surface area contributed by atoms with E-state index in [-0.39, 0.29) is 12.1 Å². The number of rotatable bonds is 7. The van der Waals surface area contributed by atoms with Crippen LogP contribution in [0.4, 0.5) is 0 Å². The summed E-state index contributed by atoms with van der Waals surface area (Å²) in [5.41, 5.74) is 1.29. The monoisotopic (exact) mass is 226 g/mol. The molecule has 2 nitrogen and oxygen atoms in total. The van der Waals surface area contributed by atoms with Gasteiger partial charge in [-0.05, 0) is 39.5 Å². The topological polar surface area (TPSA) is 26.3 Å². The van der Waals surface area contributed by atoms with Crippen molar-refractivity contribution in [2.75, 3.05) is 0 Å². The van der Waals surface area contributed by atoms with Gasteiger partial charge in [-0.2, -0.15) is 0 Å². The van der Waals surface area contributed by atoms with Crippen LogP contribution in [0.15, 0.2) is 11.6 Å². The molecule has 0 amide bonds. The summed E-state index contributed by atoms with van der Waals surface area (Å²) in [5, 5.41) is 0. The smallest absolute Gasteiger partial charge is 0.309 e. The van der Waals surface area contributed by atoms with E-state index in [4.69, 9.17) is 4.74 Å². The summed E-state index contributed by atoms with van der Waals surface area (Å²) in [6, 6.07) is 0. The van der Waals surface area contributed by atoms with Crippen LogP contribution in [0, 0.1) is 5.92 Å². The van der Waals surface area contributed by atoms with Crippen LogP contribution in [0.3, 0.4) is 0 Å². The summed E-state index contributed by atoms with van der Waals surface area (Å²) >= 11 is 0. The molecule has 0 aliphatic carbocycles. The number of hydrogen-bond acceptors (Lipinski definition) is 2. The quantitative estimate of drug-likeness (QED) is 0.482. The first-order chi connectivity index (χ1) is 7.41. The lowest BCUT2D eigenvalue weighted by atomic mass is 10.0. The highest BCUT2D eigenvalue weighted by Crippen LogP contribution is 2.12. The van der Waals surface area contributed by atoms with Gasteiger partial charge in [0.15, 0.2) is 0 Å². The number of carbonyl (C=O) groups excluding carboxylic acids is 1. The molecule has 0 saturated heterocycles. The molecule has 0 unspecified atom stereocenters. The average molecular weight is 226 g/mol. The molecule has 0 aromatic rings. The summed E-state index contributed by atoms with van der Waals surface area (Å²) in [7, 11) is 0. The molecule has 0 bridgehead atoms. The number of hydrogen-bond donors (Lipinski definition) is 0. The van der Waals surface area contributed by atoms with Gasteiger partial charge in [0.25, 0.3) is 0 Å². The summed E-state index contributed by atoms with van der Waals surface area (Å²) in [5.74, 6) is 0.636. The van der Waals surface area contributed by atoms with Crippen molar-refractivity contribution in [1.82, 2.24) is 0 Å². The highest BCUT2D eigenvalue weighted by molar-refractivity contribution is 5.71. The van der Waals surface area contributed by atoms with E-state index in [1.165, 1.54) is 18.4 Å². The van der Waals surface area contributed by atoms with E-state index in [9.17, 15) is 4.79 Å². The Hall–Kier alpha value is -0.790. The number of ether oxygens (including phenoxy) is 1. The van der Waals surface area contributed by atoms with Crippen LogP contribution >= 0.6 is 0 Å². The molecule has 0 aromatic carbocycles. The van der Waals surface area contributed by atoms with E-state index in [1.54, 1.807) is 0 Å². The predicted octanol–water partition coefficient (Wildman–Crippen LogP) is 4.10. The molecule has 0 rings (SSSR count). The number of carbonyl (C=O) groups is 1. The van der Waals surface area contributed by atoms with Crippen LogP contribution in [-0.2, 0) is 9.53 Å². The van der Waals surface area contributed by atoms with Gasteiger partial charge in [0.05, 0.1) is 12.5 Å². The molecule has 0 N–H and O–H groups in total. The van der Waals surface area contributed by atoms with Crippen molar-refractivity contribution in [3.05, 3.63) is 11.6 Å². The molecule has 0 aliphatic rings. The highest BCUT2D eigenvalue weighted by Gasteiger charge is 2.03. The zero-order valence-corrected chi connectivity index (χ0v) is 11.4. The van der Waals surface area contributed by atoms with Crippen molar-refractivity contribution >= 4 is 5.97 Å². The Bertz CT molecular complexity index is 227. The van der Waals surface area contributed by atoms with Gasteiger partial charge in [0.2, 0.25) is 0 Å². The van der Waals surface area contributed by atoms with Crippen molar-refractivity contribution in [2.24, 2.45) is 5.92 Å². The van der Waals surface area contributed by atoms with Crippen LogP contribution in [0.1, 0.15) is 60.3 Å². The van der Waals surface area contributed by atoms with Gasteiger partial charge in [-0.15, -0.1) is 0 Å². The van der Waals surface area contributed by atoms with Crippen LogP contribution in [-0.4, -0.2) is 12.1 Å². The van der Waals surface area contributed by atoms with E-state index in [0.717, 1.165) is 12.3 Å². The minimum atomic E-state index is -0.127. The number of esters is 1. The summed E-state index contributed by atoms with van der Waals surface area (Å²) in [4.78, 5) is 11.3. The second kappa shape index (κ2) is 8.37. The fraction of sp³-hybridized carbons (Fsp3) is 0.786. The Morgan fingerprint density at radius 1 is 1.25 bits per heavy atom. The largest absolute Gasteiger partial charge is 0.463 e. The summed E-state index contributed by atoms with van der Waals surface area (Å²) < 4.78 is 5.06. The fourth-order valence-corrected chi connectivity index (χ4v) is 1.46. The summed E-state index contributed by atoms with van der Waals surface area (Å²) in [6.45, 7) is 10.3. The molecule has 0 saturated carbocycles. The zero-order chi connectivity index (χ0) is 12.6. The lowest BCUT2D eigenvalue weighted by Gasteiger charge is -2.07. The maximum atomic E-state index is 11.3. The third-order valence-electron chi connectivity index (χ3n) is 2.34. The molecule has 0 radical (unpaired) electrons. The third-order valence-corrected chi connectivity index (χ3v) is 2.34. The lowest BCUT2D eigenvalue weighted by Crippen LogP contribution is -2.10. The molecule has 16 heavy (non-hydrogen) atoms. The van der Waals surface area contributed by atoms with Gasteiger partial charge < -0.3 is 4.74 Å². The second-order valence-corrected chi connectivity index (χ2v) is 5.08. The maximum Gasteiger partial charge on any atom is 0.309 e. The molecule has 0 fully saturated rings. The number of allylic oxidation sites excluding steroid dienone is 1. The van der Waals surface area contributed by atoms with Crippen molar-refractivity contribution in [3.63, 3.8) is 0 Å². The minimum Gasteiger partial charge on any atom is -0.463 e. The SMILES string of the molecule is CC(=CCC(=O)OC(C)C)CCCC(C)C. The normalized spacial score (nSPS) is 12.3. The Balaban J connectivity index is 3.73. The van der Waals surface area contributed by atoms with Gasteiger partial charge in [0, 0.05) is 0 Å². The van der Waals surface area contributed by atoms with E-state index < -0.39 is 0 Å². The first-order valence-corrected chi connectivity index (χ1v) is 6.27. The van der Waals surface area contributed by atoms with Gasteiger partial charge in [-0.1, -0.05) is 31.9 Å². The van der Waals surface area contributed by atoms with Crippen molar-refractivity contribution in [2.45, 2.75) is 66.4 Å². The molecule has 0 spiro atoms. The van der Waals surface area contributed by atoms with Crippen molar-refractivity contribution in [3.8, 4) is 0 Å². The second-order valence-electron chi connectivity index (χ2n) is 5.08. The Labute approximate surface area is 100 Å². The lowest BCUT2D eigenvalue weighted by molar-refractivity contribution is -0.146. The molecule has 0 atom stereocenters. The highest BCUT2D eigenvalue weighted by atomic mass is 16.5. The zero-order valence-electron chi connectivity index (χ0n) is 11.4. The molecule has 0 aromatic heterocycles. The van der Waals surface area contributed by atoms with Crippen LogP contribution < -0.4 is 0 Å². The van der Waals surface area contributed by atoms with Crippen molar-refractivity contribution < 1.29 is 9.53 Å². The first-order valence-electron chi connectivity index (χ1n) is 6.27. The van der Waals surface area contributed by atoms with Gasteiger partial charge in [-0.25, -0.2) is 0 Å². The molecule has 94 valence electrons. The van der Waals surface area contributed by atoms with Crippen LogP contribution in [0.25, 0.3) is 0 Å². The maximum absolute atomic E-state index is 11.3. The van der Waals surface area contributed by atoms with Crippen LogP contribution in [0.2, 0.25) is 0 Å². The third kappa shape index (κ3) is 9.75. The molecular formula is C14H26O2. The predicted molar refractivity (Wildman–Crippen MR) is 68.3 cm³/mol. The fourth-order valence-electron chi connectivity index (χ4n) is 1.46. The average Bonchev–Trinajstić information content (AvgIpc) is 2.13. The first kappa shape index (κ1) is 15.2. The van der Waals surface area contributed by atoms with E-state index in [1.807, 2.05) is 19.9 Å². The Morgan fingerprint density at radius 2 is 1.88 bits per heavy atom. The van der Waals surface area contributed by atoms with Gasteiger partial charge in [-0.3, -0.25) is 4.79 Å².